The van der Waals surface area contributed by atoms with Crippen LogP contribution in [-0.4, -0.2) is 74.6 Å². The number of nitrogens with one attached hydrogen (secondary N) is 1. The molecule has 0 aliphatic carbocycles. The van der Waals surface area contributed by atoms with Crippen molar-refractivity contribution >= 4 is 11.8 Å². The summed E-state index contributed by atoms with van der Waals surface area (Å²) in [6, 6.07) is 0. The number of carbonyl (C=O) groups excluding carboxylic acids is 2. The molecular weight excluding hydrogens is 270 g/mol. The Labute approximate surface area is 127 Å². The molecule has 0 unspecified atom stereocenters. The Bertz CT molecular complexity index is 328. The van der Waals surface area contributed by atoms with Gasteiger partial charge < -0.3 is 19.9 Å². The molecule has 1 N–H and O–H groups in total. The minimum Gasteiger partial charge on any atom is -0.378 e. The van der Waals surface area contributed by atoms with E-state index < -0.39 is 0 Å². The molecule has 0 aromatic heterocycles. The highest BCUT2D eigenvalue weighted by molar-refractivity contribution is 5.84. The zero-order chi connectivity index (χ0) is 15.7. The average Bonchev–Trinajstić information content (AvgIpc) is 2.47. The molecule has 1 heterocycles. The lowest BCUT2D eigenvalue weighted by Gasteiger charge is -2.25. The zero-order valence-corrected chi connectivity index (χ0v) is 13.6. The fourth-order valence-electron chi connectivity index (χ4n) is 2.30. The second kappa shape index (κ2) is 9.73. The van der Waals surface area contributed by atoms with Crippen molar-refractivity contribution in [1.29, 1.82) is 0 Å². The van der Waals surface area contributed by atoms with Crippen LogP contribution >= 0.6 is 0 Å². The molecule has 2 amide bonds. The van der Waals surface area contributed by atoms with Gasteiger partial charge in [0, 0.05) is 20.6 Å². The van der Waals surface area contributed by atoms with Gasteiger partial charge in [0.25, 0.3) is 0 Å². The first-order valence-corrected chi connectivity index (χ1v) is 7.84. The van der Waals surface area contributed by atoms with Crippen LogP contribution in [0.25, 0.3) is 0 Å². The maximum Gasteiger partial charge on any atom is 0.241 e. The van der Waals surface area contributed by atoms with Gasteiger partial charge in [0.15, 0.2) is 0 Å². The van der Waals surface area contributed by atoms with Gasteiger partial charge >= 0.3 is 0 Å². The van der Waals surface area contributed by atoms with E-state index >= 15 is 0 Å². The summed E-state index contributed by atoms with van der Waals surface area (Å²) in [4.78, 5) is 27.1. The van der Waals surface area contributed by atoms with Crippen LogP contribution in [0, 0.1) is 0 Å². The molecular formula is C15H29N3O3. The molecule has 6 heteroatoms. The van der Waals surface area contributed by atoms with E-state index in [1.165, 1.54) is 4.90 Å². The fraction of sp³-hybridized carbons (Fsp3) is 0.867. The van der Waals surface area contributed by atoms with E-state index in [0.29, 0.717) is 19.6 Å². The van der Waals surface area contributed by atoms with E-state index in [-0.39, 0.29) is 24.5 Å². The first-order chi connectivity index (χ1) is 10.0. The van der Waals surface area contributed by atoms with Crippen molar-refractivity contribution in [3.63, 3.8) is 0 Å². The molecule has 0 aromatic rings. The standard InChI is InChI=1S/C15H29N3O3/c1-4-10-18(12-15(20)17(2)3)14(19)7-11-21-13-5-8-16-9-6-13/h13,16H,4-12H2,1-3H3. The predicted octanol–water partition coefficient (Wildman–Crippen LogP) is 0.472. The lowest BCUT2D eigenvalue weighted by atomic mass is 10.1. The van der Waals surface area contributed by atoms with Gasteiger partial charge in [-0.25, -0.2) is 0 Å². The van der Waals surface area contributed by atoms with Crippen molar-refractivity contribution < 1.29 is 14.3 Å². The van der Waals surface area contributed by atoms with Crippen LogP contribution in [0.15, 0.2) is 0 Å². The summed E-state index contributed by atoms with van der Waals surface area (Å²) in [5.41, 5.74) is 0. The summed E-state index contributed by atoms with van der Waals surface area (Å²) >= 11 is 0. The number of likely N-dealkylation sites (N-methyl/N-ethyl adjacent to an activating group) is 1. The highest BCUT2D eigenvalue weighted by atomic mass is 16.5. The Balaban J connectivity index is 2.32. The molecule has 21 heavy (non-hydrogen) atoms. The molecule has 0 radical (unpaired) electrons. The topological polar surface area (TPSA) is 61.9 Å². The van der Waals surface area contributed by atoms with Crippen LogP contribution in [0.5, 0.6) is 0 Å². The Hall–Kier alpha value is -1.14. The first-order valence-electron chi connectivity index (χ1n) is 7.84. The number of ether oxygens (including phenoxy) is 1. The highest BCUT2D eigenvalue weighted by Gasteiger charge is 2.18. The minimum atomic E-state index is -0.0453. The number of hydrogen-bond donors (Lipinski definition) is 1. The third-order valence-electron chi connectivity index (χ3n) is 3.63. The maximum atomic E-state index is 12.2. The molecule has 0 aromatic carbocycles. The second-order valence-corrected chi connectivity index (χ2v) is 5.67. The molecule has 6 nitrogen and oxygen atoms in total. The summed E-state index contributed by atoms with van der Waals surface area (Å²) in [5.74, 6) is -0.0444. The van der Waals surface area contributed by atoms with Crippen LogP contribution < -0.4 is 5.32 Å². The highest BCUT2D eigenvalue weighted by Crippen LogP contribution is 2.08. The lowest BCUT2D eigenvalue weighted by Crippen LogP contribution is -2.41. The summed E-state index contributed by atoms with van der Waals surface area (Å²) < 4.78 is 5.75. The summed E-state index contributed by atoms with van der Waals surface area (Å²) in [7, 11) is 3.41. The van der Waals surface area contributed by atoms with Crippen LogP contribution in [-0.2, 0) is 14.3 Å². The molecule has 1 saturated heterocycles. The van der Waals surface area contributed by atoms with Crippen molar-refractivity contribution in [3.05, 3.63) is 0 Å². The van der Waals surface area contributed by atoms with Gasteiger partial charge in [-0.2, -0.15) is 0 Å². The number of rotatable bonds is 8. The van der Waals surface area contributed by atoms with Gasteiger partial charge in [0.1, 0.15) is 0 Å². The van der Waals surface area contributed by atoms with Crippen molar-refractivity contribution in [2.24, 2.45) is 0 Å². The van der Waals surface area contributed by atoms with E-state index in [0.717, 1.165) is 32.4 Å². The first kappa shape index (κ1) is 17.9. The summed E-state index contributed by atoms with van der Waals surface area (Å²) in [6.07, 6.45) is 3.48. The SMILES string of the molecule is CCCN(CC(=O)N(C)C)C(=O)CCOC1CCNCC1. The third-order valence-corrected chi connectivity index (χ3v) is 3.63. The molecule has 1 aliphatic rings. The molecule has 1 aliphatic heterocycles. The normalized spacial score (nSPS) is 15.8. The summed E-state index contributed by atoms with van der Waals surface area (Å²) in [5, 5.41) is 3.28. The van der Waals surface area contributed by atoms with Crippen LogP contribution in [0.4, 0.5) is 0 Å². The number of piperidine rings is 1. The second-order valence-electron chi connectivity index (χ2n) is 5.67. The lowest BCUT2D eigenvalue weighted by molar-refractivity contribution is -0.140. The molecule has 0 bridgehead atoms. The van der Waals surface area contributed by atoms with Crippen LogP contribution in [0.3, 0.4) is 0 Å². The number of amides is 2. The van der Waals surface area contributed by atoms with Gasteiger partial charge in [0.05, 0.1) is 25.7 Å². The maximum absolute atomic E-state index is 12.2. The quantitative estimate of drug-likeness (QED) is 0.708. The molecule has 122 valence electrons. The zero-order valence-electron chi connectivity index (χ0n) is 13.6. The molecule has 0 atom stereocenters. The number of carbonyl (C=O) groups is 2. The Morgan fingerprint density at radius 2 is 1.86 bits per heavy atom. The number of hydrogen-bond acceptors (Lipinski definition) is 4. The van der Waals surface area contributed by atoms with E-state index in [1.807, 2.05) is 6.92 Å². The third kappa shape index (κ3) is 6.91. The Kier molecular flexibility index (Phi) is 8.30. The molecule has 1 fully saturated rings. The van der Waals surface area contributed by atoms with Crippen LogP contribution in [0.2, 0.25) is 0 Å². The van der Waals surface area contributed by atoms with E-state index in [1.54, 1.807) is 19.0 Å². The smallest absolute Gasteiger partial charge is 0.241 e. The van der Waals surface area contributed by atoms with E-state index in [9.17, 15) is 9.59 Å². The fourth-order valence-corrected chi connectivity index (χ4v) is 2.30. The van der Waals surface area contributed by atoms with E-state index in [4.69, 9.17) is 4.74 Å². The van der Waals surface area contributed by atoms with Crippen molar-refractivity contribution in [1.82, 2.24) is 15.1 Å². The molecule has 0 spiro atoms. The van der Waals surface area contributed by atoms with Gasteiger partial charge in [-0.15, -0.1) is 0 Å². The van der Waals surface area contributed by atoms with E-state index in [2.05, 4.69) is 5.32 Å². The monoisotopic (exact) mass is 299 g/mol. The van der Waals surface area contributed by atoms with Crippen molar-refractivity contribution in [2.75, 3.05) is 46.9 Å². The van der Waals surface area contributed by atoms with Gasteiger partial charge in [-0.1, -0.05) is 6.92 Å². The number of nitrogens with zero attached hydrogens (tertiary/aromatic N) is 2. The molecule has 0 saturated carbocycles. The predicted molar refractivity (Wildman–Crippen MR) is 82.0 cm³/mol. The van der Waals surface area contributed by atoms with Gasteiger partial charge in [-0.3, -0.25) is 9.59 Å². The summed E-state index contributed by atoms with van der Waals surface area (Å²) in [6.45, 7) is 5.19. The van der Waals surface area contributed by atoms with Gasteiger partial charge in [-0.05, 0) is 32.4 Å². The van der Waals surface area contributed by atoms with Crippen molar-refractivity contribution in [3.8, 4) is 0 Å². The minimum absolute atomic E-state index is 0.000912. The average molecular weight is 299 g/mol. The van der Waals surface area contributed by atoms with Crippen molar-refractivity contribution in [2.45, 2.75) is 38.7 Å². The molecule has 1 rings (SSSR count). The Morgan fingerprint density at radius 3 is 2.43 bits per heavy atom. The van der Waals surface area contributed by atoms with Gasteiger partial charge in [0.2, 0.25) is 11.8 Å². The Morgan fingerprint density at radius 1 is 1.19 bits per heavy atom. The van der Waals surface area contributed by atoms with Crippen LogP contribution in [0.1, 0.15) is 32.6 Å². The largest absolute Gasteiger partial charge is 0.378 e.